The summed E-state index contributed by atoms with van der Waals surface area (Å²) in [6, 6.07) is 0. The minimum Gasteiger partial charge on any atom is -0.428 e. The third-order valence-corrected chi connectivity index (χ3v) is 5.43. The molecule has 132 valence electrons. The van der Waals surface area contributed by atoms with Gasteiger partial charge in [0.05, 0.1) is 11.8 Å². The van der Waals surface area contributed by atoms with E-state index >= 15 is 0 Å². The van der Waals surface area contributed by atoms with Crippen molar-refractivity contribution in [2.75, 3.05) is 19.9 Å². The van der Waals surface area contributed by atoms with Gasteiger partial charge in [0.2, 0.25) is 6.79 Å². The maximum atomic E-state index is 12.0. The fourth-order valence-electron chi connectivity index (χ4n) is 3.65. The molecule has 0 atom stereocenters. The van der Waals surface area contributed by atoms with E-state index in [1.807, 2.05) is 0 Å². The number of carbonyl (C=O) groups is 2. The van der Waals surface area contributed by atoms with Crippen molar-refractivity contribution in [1.29, 1.82) is 0 Å². The Balaban J connectivity index is 1.61. The predicted octanol–water partition coefficient (Wildman–Crippen LogP) is 1.56. The molecule has 0 unspecified atom stereocenters. The van der Waals surface area contributed by atoms with Gasteiger partial charge in [0.15, 0.2) is 0 Å². The minimum atomic E-state index is -0.259. The van der Waals surface area contributed by atoms with Gasteiger partial charge in [-0.05, 0) is 76.3 Å². The van der Waals surface area contributed by atoms with Crippen molar-refractivity contribution in [1.82, 2.24) is 0 Å². The molecule has 0 heterocycles. The summed E-state index contributed by atoms with van der Waals surface area (Å²) in [6.07, 6.45) is 7.16. The van der Waals surface area contributed by atoms with Gasteiger partial charge < -0.3 is 20.9 Å². The molecule has 4 N–H and O–H groups in total. The lowest BCUT2D eigenvalue weighted by molar-refractivity contribution is -0.174. The zero-order valence-electron chi connectivity index (χ0n) is 13.9. The first-order valence-electron chi connectivity index (χ1n) is 8.87. The predicted molar refractivity (Wildman–Crippen MR) is 86.1 cm³/mol. The molecule has 6 heteroatoms. The average Bonchev–Trinajstić information content (AvgIpc) is 2.61. The molecule has 0 aromatic carbocycles. The normalized spacial score (nSPS) is 31.4. The van der Waals surface area contributed by atoms with Crippen molar-refractivity contribution >= 4 is 11.9 Å². The minimum absolute atomic E-state index is 0.0727. The number of carbonyl (C=O) groups excluding carboxylic acids is 2. The van der Waals surface area contributed by atoms with E-state index in [0.29, 0.717) is 24.9 Å². The highest BCUT2D eigenvalue weighted by Gasteiger charge is 2.29. The SMILES string of the molecule is NCC1CCC(C(=O)OCOC(=O)C2CCC(CN)CC2)CC1. The largest absolute Gasteiger partial charge is 0.428 e. The number of hydrogen-bond acceptors (Lipinski definition) is 6. The Bertz CT molecular complexity index is 350. The van der Waals surface area contributed by atoms with Crippen molar-refractivity contribution in [2.45, 2.75) is 51.4 Å². The third-order valence-electron chi connectivity index (χ3n) is 5.43. The molecule has 0 radical (unpaired) electrons. The molecule has 2 rings (SSSR count). The van der Waals surface area contributed by atoms with Crippen molar-refractivity contribution in [3.05, 3.63) is 0 Å². The Morgan fingerprint density at radius 2 is 1.04 bits per heavy atom. The topological polar surface area (TPSA) is 105 Å². The fourth-order valence-corrected chi connectivity index (χ4v) is 3.65. The van der Waals surface area contributed by atoms with E-state index in [1.54, 1.807) is 0 Å². The summed E-state index contributed by atoms with van der Waals surface area (Å²) in [6.45, 7) is 1.11. The first-order valence-corrected chi connectivity index (χ1v) is 8.87. The van der Waals surface area contributed by atoms with Gasteiger partial charge in [-0.15, -0.1) is 0 Å². The van der Waals surface area contributed by atoms with E-state index in [1.165, 1.54) is 0 Å². The molecule has 0 saturated heterocycles. The molecule has 0 bridgehead atoms. The number of ether oxygens (including phenoxy) is 2. The summed E-state index contributed by atoms with van der Waals surface area (Å²) in [5, 5.41) is 0. The second-order valence-corrected chi connectivity index (χ2v) is 6.95. The number of rotatable bonds is 6. The zero-order valence-corrected chi connectivity index (χ0v) is 13.9. The van der Waals surface area contributed by atoms with Crippen LogP contribution in [-0.2, 0) is 19.1 Å². The lowest BCUT2D eigenvalue weighted by Crippen LogP contribution is -2.29. The summed E-state index contributed by atoms with van der Waals surface area (Å²) in [7, 11) is 0. The lowest BCUT2D eigenvalue weighted by atomic mass is 9.82. The first-order chi connectivity index (χ1) is 11.1. The van der Waals surface area contributed by atoms with E-state index in [0.717, 1.165) is 51.4 Å². The second kappa shape index (κ2) is 9.23. The number of hydrogen-bond donors (Lipinski definition) is 2. The quantitative estimate of drug-likeness (QED) is 0.567. The molecule has 0 aromatic rings. The Morgan fingerprint density at radius 3 is 1.35 bits per heavy atom. The molecule has 2 fully saturated rings. The molecular formula is C17H30N2O4. The van der Waals surface area contributed by atoms with E-state index in [9.17, 15) is 9.59 Å². The maximum absolute atomic E-state index is 12.0. The average molecular weight is 326 g/mol. The van der Waals surface area contributed by atoms with E-state index in [-0.39, 0.29) is 30.6 Å². The highest BCUT2D eigenvalue weighted by Crippen LogP contribution is 2.30. The highest BCUT2D eigenvalue weighted by atomic mass is 16.7. The van der Waals surface area contributed by atoms with Crippen LogP contribution in [0.5, 0.6) is 0 Å². The van der Waals surface area contributed by atoms with E-state index in [2.05, 4.69) is 0 Å². The van der Waals surface area contributed by atoms with Gasteiger partial charge >= 0.3 is 11.9 Å². The van der Waals surface area contributed by atoms with Gasteiger partial charge in [0, 0.05) is 0 Å². The Kier molecular flexibility index (Phi) is 7.30. The maximum Gasteiger partial charge on any atom is 0.311 e. The molecule has 0 aliphatic heterocycles. The van der Waals surface area contributed by atoms with E-state index in [4.69, 9.17) is 20.9 Å². The van der Waals surface area contributed by atoms with Gasteiger partial charge in [-0.25, -0.2) is 0 Å². The molecule has 2 saturated carbocycles. The van der Waals surface area contributed by atoms with Gasteiger partial charge in [-0.1, -0.05) is 0 Å². The Hall–Kier alpha value is -1.14. The summed E-state index contributed by atoms with van der Waals surface area (Å²) < 4.78 is 10.2. The van der Waals surface area contributed by atoms with Gasteiger partial charge in [0.25, 0.3) is 0 Å². The molecule has 23 heavy (non-hydrogen) atoms. The Morgan fingerprint density at radius 1 is 0.696 bits per heavy atom. The van der Waals surface area contributed by atoms with Crippen molar-refractivity contribution in [2.24, 2.45) is 35.1 Å². The van der Waals surface area contributed by atoms with Gasteiger partial charge in [-0.3, -0.25) is 9.59 Å². The number of nitrogens with two attached hydrogens (primary N) is 2. The van der Waals surface area contributed by atoms with Gasteiger partial charge in [0.1, 0.15) is 0 Å². The summed E-state index contributed by atoms with van der Waals surface area (Å²) >= 11 is 0. The number of esters is 2. The summed E-state index contributed by atoms with van der Waals surface area (Å²) in [5.74, 6) is 0.411. The van der Waals surface area contributed by atoms with Crippen LogP contribution in [0, 0.1) is 23.7 Å². The van der Waals surface area contributed by atoms with Crippen LogP contribution < -0.4 is 11.5 Å². The van der Waals surface area contributed by atoms with E-state index < -0.39 is 0 Å². The van der Waals surface area contributed by atoms with Crippen molar-refractivity contribution in [3.63, 3.8) is 0 Å². The monoisotopic (exact) mass is 326 g/mol. The smallest absolute Gasteiger partial charge is 0.311 e. The molecule has 0 aromatic heterocycles. The molecule has 0 spiro atoms. The van der Waals surface area contributed by atoms with Crippen LogP contribution in [-0.4, -0.2) is 31.8 Å². The molecule has 0 amide bonds. The van der Waals surface area contributed by atoms with Gasteiger partial charge in [-0.2, -0.15) is 0 Å². The lowest BCUT2D eigenvalue weighted by Gasteiger charge is -2.27. The van der Waals surface area contributed by atoms with Crippen LogP contribution in [0.15, 0.2) is 0 Å². The van der Waals surface area contributed by atoms with Crippen molar-refractivity contribution in [3.8, 4) is 0 Å². The second-order valence-electron chi connectivity index (χ2n) is 6.95. The summed E-state index contributed by atoms with van der Waals surface area (Å²) in [4.78, 5) is 23.9. The third kappa shape index (κ3) is 5.46. The molecule has 6 nitrogen and oxygen atoms in total. The standard InChI is InChI=1S/C17H30N2O4/c18-9-12-1-5-14(6-2-12)16(20)22-11-23-17(21)15-7-3-13(10-19)4-8-15/h12-15H,1-11,18-19H2. The van der Waals surface area contributed by atoms with Crippen molar-refractivity contribution < 1.29 is 19.1 Å². The molecule has 2 aliphatic carbocycles. The zero-order chi connectivity index (χ0) is 16.7. The van der Waals surface area contributed by atoms with Crippen LogP contribution in [0.4, 0.5) is 0 Å². The van der Waals surface area contributed by atoms with Crippen LogP contribution in [0.1, 0.15) is 51.4 Å². The Labute approximate surface area is 138 Å². The van der Waals surface area contributed by atoms with Crippen LogP contribution >= 0.6 is 0 Å². The molecular weight excluding hydrogens is 296 g/mol. The van der Waals surface area contributed by atoms with Crippen LogP contribution in [0.25, 0.3) is 0 Å². The fraction of sp³-hybridized carbons (Fsp3) is 0.882. The molecule has 2 aliphatic rings. The van der Waals surface area contributed by atoms with Crippen LogP contribution in [0.3, 0.4) is 0 Å². The summed E-state index contributed by atoms with van der Waals surface area (Å²) in [5.41, 5.74) is 11.3. The first kappa shape index (κ1) is 18.2. The van der Waals surface area contributed by atoms with Crippen LogP contribution in [0.2, 0.25) is 0 Å². The highest BCUT2D eigenvalue weighted by molar-refractivity contribution is 5.74.